The molecule has 2 unspecified atom stereocenters. The predicted octanol–water partition coefficient (Wildman–Crippen LogP) is 2.99. The second kappa shape index (κ2) is 10.9. The molecular formula is C22H34N2O4. The second-order valence-corrected chi connectivity index (χ2v) is 8.15. The molecule has 2 atom stereocenters. The van der Waals surface area contributed by atoms with E-state index in [2.05, 4.69) is 11.9 Å². The van der Waals surface area contributed by atoms with Crippen molar-refractivity contribution in [1.29, 1.82) is 0 Å². The molecule has 0 aliphatic heterocycles. The number of hydrogen-bond acceptors (Lipinski definition) is 5. The number of hydrogen-bond donors (Lipinski definition) is 2. The lowest BCUT2D eigenvalue weighted by Crippen LogP contribution is -2.51. The number of nitrogens with two attached hydrogens (primary N) is 1. The minimum absolute atomic E-state index is 0.108. The van der Waals surface area contributed by atoms with E-state index in [4.69, 9.17) is 15.2 Å². The van der Waals surface area contributed by atoms with Crippen LogP contribution in [0.25, 0.3) is 0 Å². The maximum Gasteiger partial charge on any atom is 0.329 e. The summed E-state index contributed by atoms with van der Waals surface area (Å²) in [6.07, 6.45) is 2.61. The minimum atomic E-state index is -0.729. The fourth-order valence-corrected chi connectivity index (χ4v) is 2.52. The van der Waals surface area contributed by atoms with Crippen LogP contribution in [0.5, 0.6) is 5.75 Å². The van der Waals surface area contributed by atoms with Crippen LogP contribution in [0.2, 0.25) is 0 Å². The summed E-state index contributed by atoms with van der Waals surface area (Å²) in [7, 11) is 0. The Bertz CT molecular complexity index is 647. The highest BCUT2D eigenvalue weighted by Gasteiger charge is 2.27. The molecule has 0 fully saturated rings. The topological polar surface area (TPSA) is 90.7 Å². The molecule has 0 aromatic heterocycles. The Hall–Kier alpha value is -2.34. The van der Waals surface area contributed by atoms with E-state index in [1.54, 1.807) is 0 Å². The van der Waals surface area contributed by atoms with Gasteiger partial charge >= 0.3 is 5.97 Å². The number of carbonyl (C=O) groups is 2. The molecule has 3 N–H and O–H groups in total. The average Bonchev–Trinajstić information content (AvgIpc) is 2.61. The number of carbonyl (C=O) groups excluding carboxylic acids is 2. The van der Waals surface area contributed by atoms with E-state index in [-0.39, 0.29) is 24.0 Å². The fourth-order valence-electron chi connectivity index (χ4n) is 2.52. The minimum Gasteiger partial charge on any atom is -0.488 e. The molecule has 0 aliphatic carbocycles. The van der Waals surface area contributed by atoms with E-state index in [1.165, 1.54) is 6.08 Å². The van der Waals surface area contributed by atoms with Crippen LogP contribution in [0.4, 0.5) is 0 Å². The van der Waals surface area contributed by atoms with E-state index in [0.717, 1.165) is 11.3 Å². The van der Waals surface area contributed by atoms with E-state index in [0.29, 0.717) is 12.8 Å². The Morgan fingerprint density at radius 2 is 1.82 bits per heavy atom. The van der Waals surface area contributed by atoms with Crippen molar-refractivity contribution in [2.45, 2.75) is 65.1 Å². The van der Waals surface area contributed by atoms with Gasteiger partial charge in [0.15, 0.2) is 0 Å². The maximum atomic E-state index is 12.4. The molecular weight excluding hydrogens is 356 g/mol. The molecule has 0 heterocycles. The normalized spacial score (nSPS) is 13.5. The molecule has 1 rings (SSSR count). The SMILES string of the molecule is C=CCOC(=O)C(NC(=O)C(N)CCc1ccc(OC(C)(C)C)cc1)C(C)C. The van der Waals surface area contributed by atoms with Gasteiger partial charge in [0, 0.05) is 0 Å². The van der Waals surface area contributed by atoms with E-state index >= 15 is 0 Å². The summed E-state index contributed by atoms with van der Waals surface area (Å²) in [6.45, 7) is 13.3. The fraction of sp³-hybridized carbons (Fsp3) is 0.545. The molecule has 0 saturated carbocycles. The van der Waals surface area contributed by atoms with Crippen molar-refractivity contribution in [1.82, 2.24) is 5.32 Å². The number of aryl methyl sites for hydroxylation is 1. The van der Waals surface area contributed by atoms with Crippen molar-refractivity contribution >= 4 is 11.9 Å². The highest BCUT2D eigenvalue weighted by Crippen LogP contribution is 2.19. The summed E-state index contributed by atoms with van der Waals surface area (Å²) >= 11 is 0. The maximum absolute atomic E-state index is 12.4. The zero-order valence-corrected chi connectivity index (χ0v) is 17.7. The van der Waals surface area contributed by atoms with Gasteiger partial charge in [-0.05, 0) is 57.2 Å². The summed E-state index contributed by atoms with van der Waals surface area (Å²) in [4.78, 5) is 24.5. The van der Waals surface area contributed by atoms with Gasteiger partial charge < -0.3 is 20.5 Å². The van der Waals surface area contributed by atoms with Crippen LogP contribution in [0.15, 0.2) is 36.9 Å². The smallest absolute Gasteiger partial charge is 0.329 e. The van der Waals surface area contributed by atoms with Crippen molar-refractivity contribution in [3.05, 3.63) is 42.5 Å². The third-order valence-corrected chi connectivity index (χ3v) is 3.99. The molecule has 0 spiro atoms. The van der Waals surface area contributed by atoms with Gasteiger partial charge in [-0.3, -0.25) is 4.79 Å². The Balaban J connectivity index is 2.57. The predicted molar refractivity (Wildman–Crippen MR) is 111 cm³/mol. The van der Waals surface area contributed by atoms with Crippen LogP contribution in [-0.2, 0) is 20.7 Å². The zero-order valence-electron chi connectivity index (χ0n) is 17.7. The molecule has 28 heavy (non-hydrogen) atoms. The lowest BCUT2D eigenvalue weighted by atomic mass is 10.0. The Morgan fingerprint density at radius 1 is 1.21 bits per heavy atom. The summed E-state index contributed by atoms with van der Waals surface area (Å²) in [5.74, 6) is -0.147. The number of nitrogens with one attached hydrogen (secondary N) is 1. The average molecular weight is 391 g/mol. The molecule has 6 nitrogen and oxygen atoms in total. The molecule has 0 radical (unpaired) electrons. The number of ether oxygens (including phenoxy) is 2. The molecule has 6 heteroatoms. The summed E-state index contributed by atoms with van der Waals surface area (Å²) in [5.41, 5.74) is 6.84. The van der Waals surface area contributed by atoms with Crippen LogP contribution < -0.4 is 15.8 Å². The van der Waals surface area contributed by atoms with E-state index in [1.807, 2.05) is 58.9 Å². The third-order valence-electron chi connectivity index (χ3n) is 3.99. The van der Waals surface area contributed by atoms with Crippen molar-refractivity contribution in [3.63, 3.8) is 0 Å². The van der Waals surface area contributed by atoms with Gasteiger partial charge in [-0.1, -0.05) is 38.6 Å². The van der Waals surface area contributed by atoms with E-state index < -0.39 is 18.1 Å². The Labute approximate surface area is 168 Å². The summed E-state index contributed by atoms with van der Waals surface area (Å²) in [5, 5.41) is 2.70. The lowest BCUT2D eigenvalue weighted by Gasteiger charge is -2.22. The second-order valence-electron chi connectivity index (χ2n) is 8.15. The quantitative estimate of drug-likeness (QED) is 0.473. The lowest BCUT2D eigenvalue weighted by molar-refractivity contribution is -0.148. The number of rotatable bonds is 10. The van der Waals surface area contributed by atoms with E-state index in [9.17, 15) is 9.59 Å². The third kappa shape index (κ3) is 8.57. The molecule has 0 bridgehead atoms. The van der Waals surface area contributed by atoms with Gasteiger partial charge in [-0.15, -0.1) is 0 Å². The molecule has 1 amide bonds. The monoisotopic (exact) mass is 390 g/mol. The molecule has 1 aromatic carbocycles. The highest BCUT2D eigenvalue weighted by atomic mass is 16.5. The largest absolute Gasteiger partial charge is 0.488 e. The highest BCUT2D eigenvalue weighted by molar-refractivity contribution is 5.87. The van der Waals surface area contributed by atoms with Crippen molar-refractivity contribution in [2.24, 2.45) is 11.7 Å². The van der Waals surface area contributed by atoms with Gasteiger partial charge in [0.2, 0.25) is 5.91 Å². The van der Waals surface area contributed by atoms with Crippen molar-refractivity contribution in [3.8, 4) is 5.75 Å². The Kier molecular flexibility index (Phi) is 9.19. The zero-order chi connectivity index (χ0) is 21.3. The van der Waals surface area contributed by atoms with Gasteiger partial charge in [-0.25, -0.2) is 4.79 Å². The van der Waals surface area contributed by atoms with Crippen LogP contribution in [0, 0.1) is 5.92 Å². The van der Waals surface area contributed by atoms with Crippen LogP contribution in [-0.4, -0.2) is 36.2 Å². The number of esters is 1. The first-order valence-corrected chi connectivity index (χ1v) is 9.65. The first kappa shape index (κ1) is 23.7. The van der Waals surface area contributed by atoms with Gasteiger partial charge in [-0.2, -0.15) is 0 Å². The van der Waals surface area contributed by atoms with Gasteiger partial charge in [0.1, 0.15) is 24.0 Å². The van der Waals surface area contributed by atoms with Crippen LogP contribution in [0.1, 0.15) is 46.6 Å². The molecule has 1 aromatic rings. The molecule has 0 saturated heterocycles. The van der Waals surface area contributed by atoms with Crippen LogP contribution in [0.3, 0.4) is 0 Å². The summed E-state index contributed by atoms with van der Waals surface area (Å²) < 4.78 is 10.8. The van der Waals surface area contributed by atoms with Gasteiger partial charge in [0.05, 0.1) is 6.04 Å². The standard InChI is InChI=1S/C22H34N2O4/c1-7-14-27-21(26)19(15(2)3)24-20(25)18(23)13-10-16-8-11-17(12-9-16)28-22(4,5)6/h7-9,11-12,15,18-19H,1,10,13-14,23H2,2-6H3,(H,24,25). The summed E-state index contributed by atoms with van der Waals surface area (Å²) in [6, 6.07) is 6.32. The van der Waals surface area contributed by atoms with Crippen LogP contribution >= 0.6 is 0 Å². The molecule has 156 valence electrons. The molecule has 0 aliphatic rings. The number of benzene rings is 1. The number of amides is 1. The van der Waals surface area contributed by atoms with Gasteiger partial charge in [0.25, 0.3) is 0 Å². The Morgan fingerprint density at radius 3 is 2.32 bits per heavy atom. The first-order chi connectivity index (χ1) is 13.0. The van der Waals surface area contributed by atoms with Crippen molar-refractivity contribution < 1.29 is 19.1 Å². The van der Waals surface area contributed by atoms with Crippen molar-refractivity contribution in [2.75, 3.05) is 6.61 Å². The first-order valence-electron chi connectivity index (χ1n) is 9.65.